The summed E-state index contributed by atoms with van der Waals surface area (Å²) in [5.74, 6) is 2.73. The molecule has 1 aromatic rings. The lowest BCUT2D eigenvalue weighted by atomic mass is 9.82. The zero-order chi connectivity index (χ0) is 29.1. The van der Waals surface area contributed by atoms with E-state index in [0.717, 1.165) is 57.8 Å². The molecule has 41 heavy (non-hydrogen) atoms. The minimum atomic E-state index is -3.95. The quantitative estimate of drug-likeness (QED) is 0.130. The normalized spacial score (nSPS) is 25.0. The summed E-state index contributed by atoms with van der Waals surface area (Å²) in [4.78, 5) is 36.0. The second-order valence-corrected chi connectivity index (χ2v) is 14.3. The van der Waals surface area contributed by atoms with E-state index in [2.05, 4.69) is 47.6 Å². The first kappa shape index (κ1) is 32.4. The van der Waals surface area contributed by atoms with E-state index in [9.17, 15) is 4.57 Å². The number of nitrogens with zero attached hydrogens (tertiary/aromatic N) is 5. The maximum absolute atomic E-state index is 11.2. The Hall–Kier alpha value is -1.56. The molecule has 7 N–H and O–H groups in total. The highest BCUT2D eigenvalue weighted by Crippen LogP contribution is 2.35. The summed E-state index contributed by atoms with van der Waals surface area (Å²) in [6.07, 6.45) is 13.5. The number of anilines is 3. The van der Waals surface area contributed by atoms with Gasteiger partial charge in [-0.2, -0.15) is 15.0 Å². The summed E-state index contributed by atoms with van der Waals surface area (Å²) in [6, 6.07) is 0.979. The Morgan fingerprint density at radius 2 is 1.66 bits per heavy atom. The summed E-state index contributed by atoms with van der Waals surface area (Å²) in [6.45, 7) is 9.26. The third-order valence-corrected chi connectivity index (χ3v) is 10.00. The van der Waals surface area contributed by atoms with E-state index < -0.39 is 7.60 Å². The maximum atomic E-state index is 11.2. The lowest BCUT2D eigenvalue weighted by Crippen LogP contribution is -2.52. The lowest BCUT2D eigenvalue weighted by Gasteiger charge is -2.40. The van der Waals surface area contributed by atoms with Gasteiger partial charge in [0.05, 0.1) is 6.16 Å². The van der Waals surface area contributed by atoms with Crippen molar-refractivity contribution in [2.24, 2.45) is 11.8 Å². The van der Waals surface area contributed by atoms with Crippen molar-refractivity contribution >= 4 is 25.4 Å². The van der Waals surface area contributed by atoms with Gasteiger partial charge in [0.1, 0.15) is 0 Å². The Balaban J connectivity index is 1.11. The van der Waals surface area contributed by atoms with Crippen molar-refractivity contribution < 1.29 is 14.4 Å². The minimum absolute atomic E-state index is 0.0737. The minimum Gasteiger partial charge on any atom is -0.368 e. The second-order valence-electron chi connectivity index (χ2n) is 12.5. The van der Waals surface area contributed by atoms with E-state index in [4.69, 9.17) is 15.5 Å². The van der Waals surface area contributed by atoms with Gasteiger partial charge >= 0.3 is 7.60 Å². The molecule has 3 aliphatic rings. The molecule has 13 heteroatoms. The molecule has 0 radical (unpaired) electrons. The van der Waals surface area contributed by atoms with Crippen molar-refractivity contribution in [3.8, 4) is 0 Å². The molecule has 3 fully saturated rings. The van der Waals surface area contributed by atoms with Crippen molar-refractivity contribution in [2.75, 3.05) is 74.5 Å². The van der Waals surface area contributed by atoms with Gasteiger partial charge in [-0.1, -0.05) is 19.3 Å². The third kappa shape index (κ3) is 11.6. The van der Waals surface area contributed by atoms with Crippen LogP contribution in [0.1, 0.15) is 77.6 Å². The molecule has 2 heterocycles. The number of hydrogen-bond acceptors (Lipinski definition) is 10. The highest BCUT2D eigenvalue weighted by atomic mass is 31.2. The predicted molar refractivity (Wildman–Crippen MR) is 165 cm³/mol. The van der Waals surface area contributed by atoms with E-state index >= 15 is 0 Å². The van der Waals surface area contributed by atoms with Crippen molar-refractivity contribution in [3.05, 3.63) is 0 Å². The number of aromatic nitrogens is 3. The molecular weight excluding hydrogens is 541 g/mol. The Bertz CT molecular complexity index is 954. The van der Waals surface area contributed by atoms with Gasteiger partial charge in [-0.15, -0.1) is 0 Å². The lowest BCUT2D eigenvalue weighted by molar-refractivity contribution is 0.188. The van der Waals surface area contributed by atoms with Crippen LogP contribution in [0, 0.1) is 11.8 Å². The van der Waals surface area contributed by atoms with Crippen molar-refractivity contribution in [1.29, 1.82) is 0 Å². The molecule has 2 saturated carbocycles. The van der Waals surface area contributed by atoms with Crippen LogP contribution in [0.3, 0.4) is 0 Å². The molecule has 2 aliphatic carbocycles. The average Bonchev–Trinajstić information content (AvgIpc) is 2.95. The van der Waals surface area contributed by atoms with E-state index in [1.807, 2.05) is 0 Å². The van der Waals surface area contributed by atoms with Crippen LogP contribution in [0.25, 0.3) is 0 Å². The number of nitrogen functional groups attached to an aromatic ring is 1. The van der Waals surface area contributed by atoms with Crippen LogP contribution < -0.4 is 26.6 Å². The first-order valence-corrected chi connectivity index (χ1v) is 17.8. The van der Waals surface area contributed by atoms with Crippen LogP contribution in [-0.4, -0.2) is 100 Å². The van der Waals surface area contributed by atoms with Crippen molar-refractivity contribution in [3.63, 3.8) is 0 Å². The van der Waals surface area contributed by atoms with Crippen LogP contribution in [0.5, 0.6) is 0 Å². The maximum Gasteiger partial charge on any atom is 0.325 e. The largest absolute Gasteiger partial charge is 0.368 e. The summed E-state index contributed by atoms with van der Waals surface area (Å²) >= 11 is 0. The first-order valence-electron chi connectivity index (χ1n) is 16.0. The average molecular weight is 596 g/mol. The van der Waals surface area contributed by atoms with Gasteiger partial charge < -0.3 is 36.4 Å². The Morgan fingerprint density at radius 3 is 2.37 bits per heavy atom. The van der Waals surface area contributed by atoms with Gasteiger partial charge in [-0.25, -0.2) is 0 Å². The first-order chi connectivity index (χ1) is 19.7. The summed E-state index contributed by atoms with van der Waals surface area (Å²) in [7, 11) is -3.95. The SMILES string of the molecule is C[C@@H]1CN(c2nc(N)nc(NCC3CCC(CNCCCNC4CCCCC4)CC3)n2)CCN1CCCP(=O)(O)O. The van der Waals surface area contributed by atoms with Crippen LogP contribution >= 0.6 is 7.60 Å². The standard InChI is InChI=1S/C28H54N9O3P/c1-22-21-37(17-16-36(22)15-6-18-41(38,39)40)28-34-26(29)33-27(35-28)32-20-24-11-9-23(10-12-24)19-30-13-5-14-31-25-7-3-2-4-8-25/h22-25,30-31H,2-21H2,1H3,(H2,38,39,40)(H3,29,32,33,34,35)/t22-,23?,24?/m1/s1. The molecule has 0 amide bonds. The fraction of sp³-hybridized carbons (Fsp3) is 0.893. The smallest absolute Gasteiger partial charge is 0.325 e. The van der Waals surface area contributed by atoms with Crippen LogP contribution in [0.15, 0.2) is 0 Å². The molecule has 1 atom stereocenters. The van der Waals surface area contributed by atoms with Crippen molar-refractivity contribution in [1.82, 2.24) is 30.5 Å². The zero-order valence-electron chi connectivity index (χ0n) is 25.0. The van der Waals surface area contributed by atoms with Crippen LogP contribution in [0.4, 0.5) is 17.8 Å². The topological polar surface area (TPSA) is 165 Å². The van der Waals surface area contributed by atoms with Crippen LogP contribution in [0.2, 0.25) is 0 Å². The van der Waals surface area contributed by atoms with E-state index in [1.165, 1.54) is 64.2 Å². The number of nitrogens with one attached hydrogen (secondary N) is 3. The van der Waals surface area contributed by atoms with Gasteiger partial charge in [0, 0.05) is 38.3 Å². The summed E-state index contributed by atoms with van der Waals surface area (Å²) in [5, 5.41) is 10.9. The molecule has 1 aliphatic heterocycles. The molecule has 234 valence electrons. The Labute approximate surface area is 246 Å². The molecular formula is C28H54N9O3P. The molecule has 0 spiro atoms. The number of nitrogens with two attached hydrogens (primary N) is 1. The monoisotopic (exact) mass is 595 g/mol. The van der Waals surface area contributed by atoms with Gasteiger partial charge in [-0.05, 0) is 96.3 Å². The van der Waals surface area contributed by atoms with E-state index in [0.29, 0.717) is 30.8 Å². The molecule has 1 saturated heterocycles. The van der Waals surface area contributed by atoms with Crippen LogP contribution in [-0.2, 0) is 4.57 Å². The molecule has 0 aromatic carbocycles. The second kappa shape index (κ2) is 16.3. The molecule has 12 nitrogen and oxygen atoms in total. The van der Waals surface area contributed by atoms with E-state index in [1.54, 1.807) is 0 Å². The van der Waals surface area contributed by atoms with Gasteiger partial charge in [0.15, 0.2) is 0 Å². The summed E-state index contributed by atoms with van der Waals surface area (Å²) in [5.41, 5.74) is 6.05. The molecule has 4 rings (SSSR count). The number of rotatable bonds is 15. The predicted octanol–water partition coefficient (Wildman–Crippen LogP) is 2.65. The fourth-order valence-electron chi connectivity index (χ4n) is 6.60. The van der Waals surface area contributed by atoms with E-state index in [-0.39, 0.29) is 18.2 Å². The molecule has 1 aromatic heterocycles. The highest BCUT2D eigenvalue weighted by Gasteiger charge is 2.27. The fourth-order valence-corrected chi connectivity index (χ4v) is 7.15. The Morgan fingerprint density at radius 1 is 0.927 bits per heavy atom. The molecule has 0 unspecified atom stereocenters. The highest BCUT2D eigenvalue weighted by molar-refractivity contribution is 7.51. The number of hydrogen-bond donors (Lipinski definition) is 6. The van der Waals surface area contributed by atoms with Gasteiger partial charge in [0.2, 0.25) is 17.8 Å². The Kier molecular flexibility index (Phi) is 12.9. The number of piperazine rings is 1. The third-order valence-electron chi connectivity index (χ3n) is 9.10. The summed E-state index contributed by atoms with van der Waals surface area (Å²) < 4.78 is 11.2. The van der Waals surface area contributed by atoms with Gasteiger partial charge in [-0.3, -0.25) is 9.46 Å². The van der Waals surface area contributed by atoms with Gasteiger partial charge in [0.25, 0.3) is 0 Å². The zero-order valence-corrected chi connectivity index (χ0v) is 25.9. The molecule has 0 bridgehead atoms. The van der Waals surface area contributed by atoms with Crippen molar-refractivity contribution in [2.45, 2.75) is 89.6 Å².